The molecular formula is C10H11NO4. The lowest BCUT2D eigenvalue weighted by Crippen LogP contribution is -2.27. The molecule has 0 saturated heterocycles. The average molecular weight is 209 g/mol. The van der Waals surface area contributed by atoms with E-state index in [9.17, 15) is 4.79 Å². The van der Waals surface area contributed by atoms with Crippen LogP contribution in [0.15, 0.2) is 24.3 Å². The number of nitrogens with two attached hydrogens (primary N) is 1. The minimum absolute atomic E-state index is 0.227. The molecule has 1 rings (SSSR count). The number of benzene rings is 1. The van der Waals surface area contributed by atoms with Crippen LogP contribution < -0.4 is 5.73 Å². The first-order valence-electron chi connectivity index (χ1n) is 4.19. The standard InChI is InChI=1S/C10H11NO4/c11-7(10(14)15)3-1-6-2-4-8(12)9(13)5-6/h1-5,7,12-13H,11H2,(H,14,15). The predicted molar refractivity (Wildman–Crippen MR) is 54.4 cm³/mol. The summed E-state index contributed by atoms with van der Waals surface area (Å²) in [6.07, 6.45) is 2.74. The van der Waals surface area contributed by atoms with Gasteiger partial charge in [-0.25, -0.2) is 0 Å². The summed E-state index contributed by atoms with van der Waals surface area (Å²) in [6, 6.07) is 3.06. The molecule has 5 heteroatoms. The number of aromatic hydroxyl groups is 2. The summed E-state index contributed by atoms with van der Waals surface area (Å²) in [4.78, 5) is 10.4. The summed E-state index contributed by atoms with van der Waals surface area (Å²) < 4.78 is 0. The van der Waals surface area contributed by atoms with Gasteiger partial charge in [0.05, 0.1) is 0 Å². The Morgan fingerprint density at radius 3 is 2.53 bits per heavy atom. The molecule has 1 unspecified atom stereocenters. The molecule has 0 saturated carbocycles. The third-order valence-electron chi connectivity index (χ3n) is 1.78. The first kappa shape index (κ1) is 11.1. The maximum absolute atomic E-state index is 10.4. The maximum atomic E-state index is 10.4. The van der Waals surface area contributed by atoms with Crippen LogP contribution in [0.3, 0.4) is 0 Å². The first-order chi connectivity index (χ1) is 7.00. The number of hydrogen-bond acceptors (Lipinski definition) is 4. The molecule has 5 N–H and O–H groups in total. The van der Waals surface area contributed by atoms with Gasteiger partial charge >= 0.3 is 5.97 Å². The molecule has 15 heavy (non-hydrogen) atoms. The van der Waals surface area contributed by atoms with Gasteiger partial charge < -0.3 is 21.1 Å². The number of carboxylic acid groups (broad SMARTS) is 1. The molecule has 0 radical (unpaired) electrons. The van der Waals surface area contributed by atoms with Crippen LogP contribution >= 0.6 is 0 Å². The van der Waals surface area contributed by atoms with E-state index in [4.69, 9.17) is 21.1 Å². The zero-order valence-corrected chi connectivity index (χ0v) is 7.79. The van der Waals surface area contributed by atoms with E-state index in [1.54, 1.807) is 0 Å². The predicted octanol–water partition coefficient (Wildman–Crippen LogP) is 0.523. The van der Waals surface area contributed by atoms with E-state index in [0.717, 1.165) is 0 Å². The van der Waals surface area contributed by atoms with Gasteiger partial charge in [-0.1, -0.05) is 18.2 Å². The van der Waals surface area contributed by atoms with E-state index in [1.165, 1.54) is 30.4 Å². The Bertz CT molecular complexity index is 400. The Morgan fingerprint density at radius 2 is 2.00 bits per heavy atom. The quantitative estimate of drug-likeness (QED) is 0.543. The molecule has 0 amide bonds. The number of carbonyl (C=O) groups is 1. The summed E-state index contributed by atoms with van der Waals surface area (Å²) in [5, 5.41) is 26.7. The highest BCUT2D eigenvalue weighted by molar-refractivity contribution is 5.77. The summed E-state index contributed by atoms with van der Waals surface area (Å²) in [7, 11) is 0. The van der Waals surface area contributed by atoms with Gasteiger partial charge in [-0.3, -0.25) is 4.79 Å². The van der Waals surface area contributed by atoms with E-state index in [-0.39, 0.29) is 11.5 Å². The molecule has 1 aromatic rings. The lowest BCUT2D eigenvalue weighted by molar-refractivity contribution is -0.137. The lowest BCUT2D eigenvalue weighted by atomic mass is 10.1. The van der Waals surface area contributed by atoms with Crippen molar-refractivity contribution in [2.75, 3.05) is 0 Å². The smallest absolute Gasteiger partial charge is 0.324 e. The number of hydrogen-bond donors (Lipinski definition) is 4. The highest BCUT2D eigenvalue weighted by Crippen LogP contribution is 2.25. The SMILES string of the molecule is NC(C=Cc1ccc(O)c(O)c1)C(=O)O. The molecule has 5 nitrogen and oxygen atoms in total. The number of phenols is 2. The second-order valence-corrected chi connectivity index (χ2v) is 2.97. The fourth-order valence-electron chi connectivity index (χ4n) is 0.941. The van der Waals surface area contributed by atoms with Gasteiger partial charge in [-0.2, -0.15) is 0 Å². The Kier molecular flexibility index (Phi) is 3.30. The Labute approximate surface area is 86.1 Å². The van der Waals surface area contributed by atoms with Crippen LogP contribution in [0.1, 0.15) is 5.56 Å². The fraction of sp³-hybridized carbons (Fsp3) is 0.100. The van der Waals surface area contributed by atoms with Crippen LogP contribution in [-0.4, -0.2) is 27.3 Å². The summed E-state index contributed by atoms with van der Waals surface area (Å²) in [5.41, 5.74) is 5.79. The normalized spacial score (nSPS) is 12.9. The molecule has 0 spiro atoms. The van der Waals surface area contributed by atoms with Crippen molar-refractivity contribution < 1.29 is 20.1 Å². The van der Waals surface area contributed by atoms with Crippen molar-refractivity contribution in [3.8, 4) is 11.5 Å². The molecule has 0 fully saturated rings. The van der Waals surface area contributed by atoms with Crippen molar-refractivity contribution in [3.63, 3.8) is 0 Å². The molecule has 0 aliphatic heterocycles. The second kappa shape index (κ2) is 4.47. The van der Waals surface area contributed by atoms with E-state index < -0.39 is 12.0 Å². The molecule has 0 bridgehead atoms. The van der Waals surface area contributed by atoms with Gasteiger partial charge in [0, 0.05) is 0 Å². The Balaban J connectivity index is 2.81. The van der Waals surface area contributed by atoms with E-state index >= 15 is 0 Å². The third-order valence-corrected chi connectivity index (χ3v) is 1.78. The zero-order valence-electron chi connectivity index (χ0n) is 7.79. The second-order valence-electron chi connectivity index (χ2n) is 2.97. The first-order valence-corrected chi connectivity index (χ1v) is 4.19. The Hall–Kier alpha value is -2.01. The van der Waals surface area contributed by atoms with Crippen molar-refractivity contribution in [3.05, 3.63) is 29.8 Å². The summed E-state index contributed by atoms with van der Waals surface area (Å²) in [6.45, 7) is 0. The molecule has 0 aliphatic carbocycles. The molecule has 80 valence electrons. The van der Waals surface area contributed by atoms with Crippen molar-refractivity contribution in [2.24, 2.45) is 5.73 Å². The molecule has 0 heterocycles. The third kappa shape index (κ3) is 2.99. The maximum Gasteiger partial charge on any atom is 0.324 e. The van der Waals surface area contributed by atoms with Crippen LogP contribution in [-0.2, 0) is 4.79 Å². The van der Waals surface area contributed by atoms with Gasteiger partial charge in [0.1, 0.15) is 6.04 Å². The lowest BCUT2D eigenvalue weighted by Gasteiger charge is -2.00. The monoisotopic (exact) mass is 209 g/mol. The summed E-state index contributed by atoms with van der Waals surface area (Å²) >= 11 is 0. The number of aliphatic carboxylic acids is 1. The minimum Gasteiger partial charge on any atom is -0.504 e. The van der Waals surface area contributed by atoms with Crippen molar-refractivity contribution in [1.29, 1.82) is 0 Å². The minimum atomic E-state index is -1.13. The highest BCUT2D eigenvalue weighted by Gasteiger charge is 2.06. The molecule has 1 atom stereocenters. The van der Waals surface area contributed by atoms with Crippen molar-refractivity contribution in [2.45, 2.75) is 6.04 Å². The van der Waals surface area contributed by atoms with Gasteiger partial charge in [-0.05, 0) is 17.7 Å². The van der Waals surface area contributed by atoms with Crippen LogP contribution in [0.4, 0.5) is 0 Å². The number of carboxylic acids is 1. The van der Waals surface area contributed by atoms with E-state index in [1.807, 2.05) is 0 Å². The molecular weight excluding hydrogens is 198 g/mol. The van der Waals surface area contributed by atoms with Gasteiger partial charge in [0.2, 0.25) is 0 Å². The topological polar surface area (TPSA) is 104 Å². The van der Waals surface area contributed by atoms with Gasteiger partial charge in [-0.15, -0.1) is 0 Å². The largest absolute Gasteiger partial charge is 0.504 e. The van der Waals surface area contributed by atoms with Crippen LogP contribution in [0, 0.1) is 0 Å². The fourth-order valence-corrected chi connectivity index (χ4v) is 0.941. The van der Waals surface area contributed by atoms with E-state index in [0.29, 0.717) is 5.56 Å². The Morgan fingerprint density at radius 1 is 1.33 bits per heavy atom. The van der Waals surface area contributed by atoms with Crippen LogP contribution in [0.2, 0.25) is 0 Å². The molecule has 1 aromatic carbocycles. The van der Waals surface area contributed by atoms with Crippen LogP contribution in [0.25, 0.3) is 6.08 Å². The van der Waals surface area contributed by atoms with Crippen LogP contribution in [0.5, 0.6) is 11.5 Å². The molecule has 0 aliphatic rings. The van der Waals surface area contributed by atoms with Crippen molar-refractivity contribution >= 4 is 12.0 Å². The van der Waals surface area contributed by atoms with E-state index in [2.05, 4.69) is 0 Å². The number of rotatable bonds is 3. The highest BCUT2D eigenvalue weighted by atomic mass is 16.4. The number of phenolic OH excluding ortho intramolecular Hbond substituents is 2. The van der Waals surface area contributed by atoms with Crippen molar-refractivity contribution in [1.82, 2.24) is 0 Å². The van der Waals surface area contributed by atoms with Gasteiger partial charge in [0.15, 0.2) is 11.5 Å². The molecule has 0 aromatic heterocycles. The average Bonchev–Trinajstić information content (AvgIpc) is 2.19. The van der Waals surface area contributed by atoms with Gasteiger partial charge in [0.25, 0.3) is 0 Å². The zero-order chi connectivity index (χ0) is 11.4. The summed E-state index contributed by atoms with van der Waals surface area (Å²) in [5.74, 6) is -1.62.